The summed E-state index contributed by atoms with van der Waals surface area (Å²) in [4.78, 5) is 11.0. The van der Waals surface area contributed by atoms with Crippen LogP contribution in [0.3, 0.4) is 0 Å². The zero-order valence-corrected chi connectivity index (χ0v) is 23.1. The molecule has 0 aromatic heterocycles. The molecule has 0 bridgehead atoms. The first-order valence-electron chi connectivity index (χ1n) is 14.2. The van der Waals surface area contributed by atoms with Crippen LogP contribution in [-0.2, 0) is 9.53 Å². The summed E-state index contributed by atoms with van der Waals surface area (Å²) in [6.45, 7) is 2.08. The number of esters is 1. The van der Waals surface area contributed by atoms with E-state index >= 15 is 0 Å². The van der Waals surface area contributed by atoms with Gasteiger partial charge >= 0.3 is 5.97 Å². The minimum Gasteiger partial charge on any atom is -0.469 e. The van der Waals surface area contributed by atoms with Crippen molar-refractivity contribution in [1.29, 1.82) is 0 Å². The van der Waals surface area contributed by atoms with Crippen LogP contribution in [0.25, 0.3) is 0 Å². The number of hydrogen-bond acceptors (Lipinski definition) is 3. The van der Waals surface area contributed by atoms with Crippen LogP contribution in [0.2, 0.25) is 0 Å². The summed E-state index contributed by atoms with van der Waals surface area (Å²) in [5.41, 5.74) is 0. The monoisotopic (exact) mass is 496 g/mol. The van der Waals surface area contributed by atoms with Crippen LogP contribution < -0.4 is 0 Å². The lowest BCUT2D eigenvalue weighted by molar-refractivity contribution is -0.140. The van der Waals surface area contributed by atoms with E-state index in [1.807, 2.05) is 6.08 Å². The first-order valence-corrected chi connectivity index (χ1v) is 14.2. The molecule has 0 amide bonds. The number of unbranched alkanes of at least 4 members (excludes halogenated alkanes) is 10. The minimum atomic E-state index is -0.444. The Balaban J connectivity index is 3.46. The molecule has 0 aromatic rings. The molecule has 0 saturated heterocycles. The van der Waals surface area contributed by atoms with Gasteiger partial charge < -0.3 is 9.84 Å². The van der Waals surface area contributed by atoms with Crippen LogP contribution in [0.5, 0.6) is 0 Å². The van der Waals surface area contributed by atoms with Crippen molar-refractivity contribution in [3.05, 3.63) is 60.8 Å². The molecule has 1 N–H and O–H groups in total. The summed E-state index contributed by atoms with van der Waals surface area (Å²) < 4.78 is 4.66. The second-order valence-corrected chi connectivity index (χ2v) is 9.10. The zero-order chi connectivity index (χ0) is 26.4. The molecule has 0 saturated carbocycles. The summed E-state index contributed by atoms with van der Waals surface area (Å²) in [6.07, 6.45) is 39.1. The average Bonchev–Trinajstić information content (AvgIpc) is 2.88. The number of allylic oxidation sites excluding steroid dienone is 8. The molecule has 0 aromatic carbocycles. The number of methoxy groups -OCH3 is 1. The molecule has 202 valence electrons. The molecule has 0 aliphatic heterocycles. The van der Waals surface area contributed by atoms with E-state index in [2.05, 4.69) is 66.0 Å². The van der Waals surface area contributed by atoms with Gasteiger partial charge in [0.25, 0.3) is 0 Å². The Hall–Kier alpha value is -2.31. The first-order chi connectivity index (χ1) is 17.7. The van der Waals surface area contributed by atoms with E-state index in [0.29, 0.717) is 12.8 Å². The molecule has 0 fully saturated rings. The van der Waals surface area contributed by atoms with Crippen LogP contribution in [0.1, 0.15) is 116 Å². The standard InChI is InChI=1S/C33H52O3/c1-3-4-26-29-32(34)30-27-24-22-20-18-16-14-12-10-8-6-5-7-9-11-13-15-17-19-21-23-25-28-31-33(35)36-2/h4-6,10,12,16,18,26-27,30,32,34H,3,7-9,11,13-15,17,19-21,23,25,28-29,31H2,1-2H3/b6-5-,12-10-,18-16-,26-4-,30-27+/t32-/m0/s1. The topological polar surface area (TPSA) is 46.5 Å². The van der Waals surface area contributed by atoms with Crippen molar-refractivity contribution in [2.45, 2.75) is 122 Å². The SMILES string of the molecule is CC/C=C\C[C@H](O)/C=C/C#CC/C=C\C/C=C\C/C=C\CCCCCCCCCCCCC(=O)OC. The highest BCUT2D eigenvalue weighted by Crippen LogP contribution is 2.12. The maximum Gasteiger partial charge on any atom is 0.305 e. The maximum absolute atomic E-state index is 11.0. The highest BCUT2D eigenvalue weighted by Gasteiger charge is 1.99. The number of rotatable bonds is 22. The van der Waals surface area contributed by atoms with Crippen molar-refractivity contribution in [3.63, 3.8) is 0 Å². The molecular formula is C33H52O3. The van der Waals surface area contributed by atoms with Crippen molar-refractivity contribution >= 4 is 5.97 Å². The average molecular weight is 497 g/mol. The summed E-state index contributed by atoms with van der Waals surface area (Å²) in [5.74, 6) is 5.96. The third-order valence-corrected chi connectivity index (χ3v) is 5.78. The number of ether oxygens (including phenoxy) is 1. The van der Waals surface area contributed by atoms with Gasteiger partial charge in [0.05, 0.1) is 13.2 Å². The quantitative estimate of drug-likeness (QED) is 0.0704. The number of carbonyl (C=O) groups excluding carboxylic acids is 1. The van der Waals surface area contributed by atoms with Gasteiger partial charge in [-0.05, 0) is 57.1 Å². The third kappa shape index (κ3) is 27.9. The van der Waals surface area contributed by atoms with Crippen molar-refractivity contribution in [1.82, 2.24) is 0 Å². The number of aliphatic hydroxyl groups excluding tert-OH is 1. The molecule has 0 unspecified atom stereocenters. The smallest absolute Gasteiger partial charge is 0.305 e. The van der Waals surface area contributed by atoms with Gasteiger partial charge in [0.1, 0.15) is 0 Å². The Morgan fingerprint density at radius 3 is 2.00 bits per heavy atom. The maximum atomic E-state index is 11.0. The molecular weight excluding hydrogens is 444 g/mol. The summed E-state index contributed by atoms with van der Waals surface area (Å²) in [7, 11) is 1.46. The van der Waals surface area contributed by atoms with Gasteiger partial charge in [-0.15, -0.1) is 0 Å². The number of carbonyl (C=O) groups is 1. The van der Waals surface area contributed by atoms with Gasteiger partial charge in [-0.25, -0.2) is 0 Å². The molecule has 3 heteroatoms. The first kappa shape index (κ1) is 33.7. The molecule has 0 radical (unpaired) electrons. The predicted molar refractivity (Wildman–Crippen MR) is 156 cm³/mol. The van der Waals surface area contributed by atoms with Crippen LogP contribution in [0, 0.1) is 11.8 Å². The Bertz CT molecular complexity index is 700. The van der Waals surface area contributed by atoms with Gasteiger partial charge in [-0.2, -0.15) is 0 Å². The van der Waals surface area contributed by atoms with Crippen LogP contribution in [0.15, 0.2) is 60.8 Å². The molecule has 0 heterocycles. The minimum absolute atomic E-state index is 0.0822. The van der Waals surface area contributed by atoms with Gasteiger partial charge in [-0.1, -0.05) is 119 Å². The van der Waals surface area contributed by atoms with Crippen molar-refractivity contribution < 1.29 is 14.6 Å². The van der Waals surface area contributed by atoms with E-state index in [4.69, 9.17) is 0 Å². The summed E-state index contributed by atoms with van der Waals surface area (Å²) in [5, 5.41) is 9.73. The molecule has 1 atom stereocenters. The van der Waals surface area contributed by atoms with Gasteiger partial charge in [0, 0.05) is 12.8 Å². The Labute approximate surface area is 222 Å². The number of hydrogen-bond donors (Lipinski definition) is 1. The molecule has 3 nitrogen and oxygen atoms in total. The fraction of sp³-hybridized carbons (Fsp3) is 0.606. The highest BCUT2D eigenvalue weighted by molar-refractivity contribution is 5.68. The lowest BCUT2D eigenvalue weighted by Gasteiger charge is -2.02. The third-order valence-electron chi connectivity index (χ3n) is 5.78. The Kier molecular flexibility index (Phi) is 27.1. The summed E-state index contributed by atoms with van der Waals surface area (Å²) in [6, 6.07) is 0. The van der Waals surface area contributed by atoms with Crippen molar-refractivity contribution in [2.75, 3.05) is 7.11 Å². The van der Waals surface area contributed by atoms with E-state index in [1.54, 1.807) is 12.2 Å². The Morgan fingerprint density at radius 2 is 1.36 bits per heavy atom. The fourth-order valence-electron chi connectivity index (χ4n) is 3.61. The van der Waals surface area contributed by atoms with Crippen molar-refractivity contribution in [3.8, 4) is 11.8 Å². The largest absolute Gasteiger partial charge is 0.469 e. The second-order valence-electron chi connectivity index (χ2n) is 9.10. The highest BCUT2D eigenvalue weighted by atomic mass is 16.5. The second kappa shape index (κ2) is 28.9. The fourth-order valence-corrected chi connectivity index (χ4v) is 3.61. The van der Waals surface area contributed by atoms with Gasteiger partial charge in [0.2, 0.25) is 0 Å². The molecule has 0 rings (SSSR count). The molecule has 0 spiro atoms. The van der Waals surface area contributed by atoms with Crippen molar-refractivity contribution in [2.24, 2.45) is 0 Å². The normalized spacial score (nSPS) is 12.9. The molecule has 0 aliphatic rings. The van der Waals surface area contributed by atoms with Gasteiger partial charge in [-0.3, -0.25) is 4.79 Å². The molecule has 0 aliphatic carbocycles. The van der Waals surface area contributed by atoms with E-state index in [1.165, 1.54) is 64.9 Å². The predicted octanol–water partition coefficient (Wildman–Crippen LogP) is 8.96. The van der Waals surface area contributed by atoms with Crippen LogP contribution in [-0.4, -0.2) is 24.3 Å². The van der Waals surface area contributed by atoms with E-state index < -0.39 is 6.10 Å². The lowest BCUT2D eigenvalue weighted by Crippen LogP contribution is -1.99. The van der Waals surface area contributed by atoms with Crippen LogP contribution >= 0.6 is 0 Å². The van der Waals surface area contributed by atoms with E-state index in [-0.39, 0.29) is 5.97 Å². The summed E-state index contributed by atoms with van der Waals surface area (Å²) >= 11 is 0. The van der Waals surface area contributed by atoms with E-state index in [0.717, 1.165) is 38.5 Å². The molecule has 36 heavy (non-hydrogen) atoms. The van der Waals surface area contributed by atoms with E-state index in [9.17, 15) is 9.90 Å². The van der Waals surface area contributed by atoms with Gasteiger partial charge in [0.15, 0.2) is 0 Å². The van der Waals surface area contributed by atoms with Crippen LogP contribution in [0.4, 0.5) is 0 Å². The lowest BCUT2D eigenvalue weighted by atomic mass is 10.1. The number of aliphatic hydroxyl groups is 1. The Morgan fingerprint density at radius 1 is 0.778 bits per heavy atom. The zero-order valence-electron chi connectivity index (χ0n) is 23.1.